The fourth-order valence-electron chi connectivity index (χ4n) is 1.38. The summed E-state index contributed by atoms with van der Waals surface area (Å²) in [5, 5.41) is 0. The molecule has 0 atom stereocenters. The minimum absolute atomic E-state index is 0.193. The van der Waals surface area contributed by atoms with Gasteiger partial charge in [-0.1, -0.05) is 18.2 Å². The van der Waals surface area contributed by atoms with Gasteiger partial charge in [-0.3, -0.25) is 0 Å². The van der Waals surface area contributed by atoms with Crippen molar-refractivity contribution in [2.24, 2.45) is 0 Å². The lowest BCUT2D eigenvalue weighted by molar-refractivity contribution is 0.443. The van der Waals surface area contributed by atoms with Gasteiger partial charge in [-0.05, 0) is 36.8 Å². The van der Waals surface area contributed by atoms with Crippen LogP contribution in [0.1, 0.15) is 5.56 Å². The van der Waals surface area contributed by atoms with Crippen molar-refractivity contribution in [3.8, 4) is 11.5 Å². The predicted octanol–water partition coefficient (Wildman–Crippen LogP) is 3.51. The molecule has 0 heterocycles. The second-order valence-electron chi connectivity index (χ2n) is 3.57. The molecule has 0 aliphatic rings. The van der Waals surface area contributed by atoms with Gasteiger partial charge < -0.3 is 10.5 Å². The molecule has 2 N–H and O–H groups in total. The number of anilines is 1. The summed E-state index contributed by atoms with van der Waals surface area (Å²) in [4.78, 5) is 0. The van der Waals surface area contributed by atoms with Gasteiger partial charge in [0.2, 0.25) is 0 Å². The Morgan fingerprint density at radius 3 is 2.56 bits per heavy atom. The van der Waals surface area contributed by atoms with Crippen molar-refractivity contribution in [2.75, 3.05) is 5.73 Å². The summed E-state index contributed by atoms with van der Waals surface area (Å²) in [5.74, 6) is 0.263. The molecule has 0 radical (unpaired) electrons. The average molecular weight is 217 g/mol. The van der Waals surface area contributed by atoms with Crippen molar-refractivity contribution in [2.45, 2.75) is 6.92 Å². The molecule has 0 bridgehead atoms. The Labute approximate surface area is 93.5 Å². The average Bonchev–Trinajstić information content (AvgIpc) is 2.27. The largest absolute Gasteiger partial charge is 0.452 e. The first-order valence-corrected chi connectivity index (χ1v) is 4.95. The van der Waals surface area contributed by atoms with Crippen molar-refractivity contribution in [3.05, 3.63) is 53.8 Å². The third-order valence-electron chi connectivity index (χ3n) is 2.23. The lowest BCUT2D eigenvalue weighted by Gasteiger charge is -2.09. The molecule has 2 aromatic carbocycles. The molecule has 3 heteroatoms. The molecule has 2 aromatic rings. The van der Waals surface area contributed by atoms with Crippen molar-refractivity contribution >= 4 is 5.69 Å². The molecule has 2 nitrogen and oxygen atoms in total. The van der Waals surface area contributed by atoms with Crippen molar-refractivity contribution < 1.29 is 9.13 Å². The number of nitrogen functional groups attached to an aromatic ring is 1. The van der Waals surface area contributed by atoms with Gasteiger partial charge in [-0.2, -0.15) is 0 Å². The van der Waals surface area contributed by atoms with Crippen LogP contribution in [0.4, 0.5) is 10.1 Å². The van der Waals surface area contributed by atoms with E-state index >= 15 is 0 Å². The highest BCUT2D eigenvalue weighted by molar-refractivity contribution is 5.53. The second kappa shape index (κ2) is 4.23. The van der Waals surface area contributed by atoms with E-state index in [4.69, 9.17) is 10.5 Å². The number of rotatable bonds is 2. The summed E-state index contributed by atoms with van der Waals surface area (Å²) in [6.45, 7) is 1.88. The van der Waals surface area contributed by atoms with Crippen molar-refractivity contribution in [3.63, 3.8) is 0 Å². The van der Waals surface area contributed by atoms with Gasteiger partial charge in [0.25, 0.3) is 0 Å². The fourth-order valence-corrected chi connectivity index (χ4v) is 1.38. The first-order valence-electron chi connectivity index (χ1n) is 4.95. The van der Waals surface area contributed by atoms with Crippen molar-refractivity contribution in [1.82, 2.24) is 0 Å². The quantitative estimate of drug-likeness (QED) is 0.781. The maximum Gasteiger partial charge on any atom is 0.165 e. The van der Waals surface area contributed by atoms with Crippen LogP contribution in [0.15, 0.2) is 42.5 Å². The smallest absolute Gasteiger partial charge is 0.165 e. The summed E-state index contributed by atoms with van der Waals surface area (Å²) in [5.41, 5.74) is 7.13. The van der Waals surface area contributed by atoms with Gasteiger partial charge in [0.05, 0.1) is 5.69 Å². The summed E-state index contributed by atoms with van der Waals surface area (Å²) < 4.78 is 18.8. The number of benzene rings is 2. The third-order valence-corrected chi connectivity index (χ3v) is 2.23. The highest BCUT2D eigenvalue weighted by Crippen LogP contribution is 2.29. The Balaban J connectivity index is 2.34. The molecule has 0 aliphatic carbocycles. The summed E-state index contributed by atoms with van der Waals surface area (Å²) in [7, 11) is 0. The highest BCUT2D eigenvalue weighted by atomic mass is 19.1. The summed E-state index contributed by atoms with van der Waals surface area (Å²) in [6.07, 6.45) is 0. The molecule has 0 fully saturated rings. The molecule has 2 rings (SSSR count). The maximum atomic E-state index is 13.4. The Morgan fingerprint density at radius 2 is 1.81 bits per heavy atom. The normalized spacial score (nSPS) is 10.1. The highest BCUT2D eigenvalue weighted by Gasteiger charge is 2.06. The van der Waals surface area contributed by atoms with E-state index in [9.17, 15) is 4.39 Å². The molecule has 0 amide bonds. The van der Waals surface area contributed by atoms with E-state index in [1.165, 1.54) is 6.07 Å². The van der Waals surface area contributed by atoms with E-state index < -0.39 is 5.82 Å². The molecule has 0 aromatic heterocycles. The van der Waals surface area contributed by atoms with Crippen LogP contribution in [-0.4, -0.2) is 0 Å². The van der Waals surface area contributed by atoms with E-state index in [2.05, 4.69) is 0 Å². The zero-order chi connectivity index (χ0) is 11.5. The van der Waals surface area contributed by atoms with Gasteiger partial charge in [0.1, 0.15) is 5.75 Å². The Hall–Kier alpha value is -2.03. The van der Waals surface area contributed by atoms with Crippen LogP contribution in [-0.2, 0) is 0 Å². The number of nitrogens with two attached hydrogens (primary N) is 1. The Kier molecular flexibility index (Phi) is 2.77. The first-order chi connectivity index (χ1) is 7.66. The Bertz CT molecular complexity index is 511. The molecule has 0 aliphatic heterocycles. The van der Waals surface area contributed by atoms with Crippen LogP contribution in [0.5, 0.6) is 11.5 Å². The monoisotopic (exact) mass is 217 g/mol. The molecule has 0 saturated carbocycles. The van der Waals surface area contributed by atoms with Gasteiger partial charge in [-0.25, -0.2) is 4.39 Å². The second-order valence-corrected chi connectivity index (χ2v) is 3.57. The molecule has 0 unspecified atom stereocenters. The first kappa shape index (κ1) is 10.5. The molecular weight excluding hydrogens is 205 g/mol. The van der Waals surface area contributed by atoms with Gasteiger partial charge in [0.15, 0.2) is 11.6 Å². The van der Waals surface area contributed by atoms with Gasteiger partial charge in [0, 0.05) is 0 Å². The van der Waals surface area contributed by atoms with E-state index in [-0.39, 0.29) is 5.75 Å². The molecule has 82 valence electrons. The zero-order valence-electron chi connectivity index (χ0n) is 8.91. The van der Waals surface area contributed by atoms with Crippen LogP contribution >= 0.6 is 0 Å². The summed E-state index contributed by atoms with van der Waals surface area (Å²) >= 11 is 0. The summed E-state index contributed by atoms with van der Waals surface area (Å²) in [6, 6.07) is 11.7. The van der Waals surface area contributed by atoms with Crippen LogP contribution < -0.4 is 10.5 Å². The lowest BCUT2D eigenvalue weighted by Crippen LogP contribution is -1.93. The number of aryl methyl sites for hydroxylation is 1. The molecule has 0 spiro atoms. The van der Waals surface area contributed by atoms with E-state index in [0.29, 0.717) is 11.4 Å². The maximum absolute atomic E-state index is 13.4. The fraction of sp³-hybridized carbons (Fsp3) is 0.0769. The predicted molar refractivity (Wildman–Crippen MR) is 62.1 cm³/mol. The molecular formula is C13H12FNO. The molecule has 0 saturated heterocycles. The van der Waals surface area contributed by atoms with Gasteiger partial charge >= 0.3 is 0 Å². The van der Waals surface area contributed by atoms with E-state index in [0.717, 1.165) is 5.56 Å². The standard InChI is InChI=1S/C13H12FNO/c1-9-6-7-10(14)13(8-9)16-12-5-3-2-4-11(12)15/h2-8H,15H2,1H3. The van der Waals surface area contributed by atoms with E-state index in [1.54, 1.807) is 36.4 Å². The van der Waals surface area contributed by atoms with Crippen LogP contribution in [0.3, 0.4) is 0 Å². The van der Waals surface area contributed by atoms with Crippen molar-refractivity contribution in [1.29, 1.82) is 0 Å². The number of halogens is 1. The minimum atomic E-state index is -0.395. The number of hydrogen-bond acceptors (Lipinski definition) is 2. The Morgan fingerprint density at radius 1 is 1.06 bits per heavy atom. The lowest BCUT2D eigenvalue weighted by atomic mass is 10.2. The third kappa shape index (κ3) is 2.14. The zero-order valence-corrected chi connectivity index (χ0v) is 8.91. The van der Waals surface area contributed by atoms with E-state index in [1.807, 2.05) is 6.92 Å². The number of hydrogen-bond donors (Lipinski definition) is 1. The topological polar surface area (TPSA) is 35.2 Å². The number of para-hydroxylation sites is 2. The van der Waals surface area contributed by atoms with Crippen LogP contribution in [0.2, 0.25) is 0 Å². The SMILES string of the molecule is Cc1ccc(F)c(Oc2ccccc2N)c1. The van der Waals surface area contributed by atoms with Crippen LogP contribution in [0, 0.1) is 12.7 Å². The molecule has 16 heavy (non-hydrogen) atoms. The number of ether oxygens (including phenoxy) is 1. The minimum Gasteiger partial charge on any atom is -0.452 e. The van der Waals surface area contributed by atoms with Gasteiger partial charge in [-0.15, -0.1) is 0 Å². The van der Waals surface area contributed by atoms with Crippen LogP contribution in [0.25, 0.3) is 0 Å².